The van der Waals surface area contributed by atoms with Crippen LogP contribution in [-0.2, 0) is 10.0 Å². The largest absolute Gasteiger partial charge is 0.377 e. The fourth-order valence-electron chi connectivity index (χ4n) is 3.11. The number of aromatic nitrogens is 2. The zero-order valence-electron chi connectivity index (χ0n) is 14.4. The van der Waals surface area contributed by atoms with Crippen LogP contribution in [0.25, 0.3) is 21.7 Å². The minimum absolute atomic E-state index is 0.256. The summed E-state index contributed by atoms with van der Waals surface area (Å²) in [5, 5.41) is 9.24. The Hall–Kier alpha value is -3.06. The zero-order chi connectivity index (χ0) is 18.3. The number of nitrogens with zero attached hydrogens (tertiary/aromatic N) is 2. The molecule has 0 atom stereocenters. The molecular weight excluding hydrogens is 348 g/mol. The molecule has 3 aromatic carbocycles. The summed E-state index contributed by atoms with van der Waals surface area (Å²) < 4.78 is 28.7. The first-order valence-corrected chi connectivity index (χ1v) is 9.59. The van der Waals surface area contributed by atoms with Gasteiger partial charge in [0.15, 0.2) is 0 Å². The number of sulfonamides is 1. The van der Waals surface area contributed by atoms with Gasteiger partial charge in [-0.1, -0.05) is 24.3 Å². The van der Waals surface area contributed by atoms with Gasteiger partial charge in [-0.15, -0.1) is 0 Å². The molecule has 26 heavy (non-hydrogen) atoms. The van der Waals surface area contributed by atoms with Crippen molar-refractivity contribution in [1.82, 2.24) is 10.2 Å². The number of hydrogen-bond donors (Lipinski definition) is 2. The minimum atomic E-state index is -3.73. The van der Waals surface area contributed by atoms with Gasteiger partial charge in [-0.3, -0.25) is 9.82 Å². The van der Waals surface area contributed by atoms with Gasteiger partial charge in [-0.25, -0.2) is 8.42 Å². The molecular formula is C19H18N4O2S. The molecule has 0 aliphatic heterocycles. The number of hydrogen-bond acceptors (Lipinski definition) is 4. The highest BCUT2D eigenvalue weighted by molar-refractivity contribution is 7.93. The van der Waals surface area contributed by atoms with Crippen molar-refractivity contribution in [2.45, 2.75) is 4.90 Å². The lowest BCUT2D eigenvalue weighted by atomic mass is 10.1. The summed E-state index contributed by atoms with van der Waals surface area (Å²) in [5.41, 5.74) is 2.33. The maximum atomic E-state index is 13.0. The average molecular weight is 366 g/mol. The Morgan fingerprint density at radius 2 is 1.77 bits per heavy atom. The highest BCUT2D eigenvalue weighted by Gasteiger charge is 2.19. The molecule has 7 heteroatoms. The monoisotopic (exact) mass is 366 g/mol. The van der Waals surface area contributed by atoms with Gasteiger partial charge >= 0.3 is 0 Å². The molecule has 0 radical (unpaired) electrons. The number of nitrogens with one attached hydrogen (secondary N) is 2. The van der Waals surface area contributed by atoms with Crippen LogP contribution >= 0.6 is 0 Å². The van der Waals surface area contributed by atoms with E-state index >= 15 is 0 Å². The van der Waals surface area contributed by atoms with E-state index in [2.05, 4.69) is 14.9 Å². The van der Waals surface area contributed by atoms with Crippen molar-refractivity contribution in [3.63, 3.8) is 0 Å². The first kappa shape index (κ1) is 16.4. The predicted molar refractivity (Wildman–Crippen MR) is 105 cm³/mol. The van der Waals surface area contributed by atoms with Crippen LogP contribution in [0, 0.1) is 0 Å². The summed E-state index contributed by atoms with van der Waals surface area (Å²) in [7, 11) is 0.144. The molecule has 1 heterocycles. The summed E-state index contributed by atoms with van der Waals surface area (Å²) in [6.45, 7) is 0. The fourth-order valence-corrected chi connectivity index (χ4v) is 4.38. The Morgan fingerprint density at radius 1 is 1.00 bits per heavy atom. The third-order valence-electron chi connectivity index (χ3n) is 4.32. The standard InChI is InChI=1S/C19H18N4O2S/c1-23(2)18-7-3-6-16-15(18)5-4-8-19(16)26(24,25)22-14-9-10-17-13(11-14)12-20-21-17/h3-12,22H,1-2H3,(H,20,21). The summed E-state index contributed by atoms with van der Waals surface area (Å²) in [5.74, 6) is 0. The van der Waals surface area contributed by atoms with Crippen LogP contribution in [0.1, 0.15) is 0 Å². The number of fused-ring (bicyclic) bond motifs is 2. The van der Waals surface area contributed by atoms with Gasteiger partial charge in [0.25, 0.3) is 10.0 Å². The second kappa shape index (κ2) is 6.03. The summed E-state index contributed by atoms with van der Waals surface area (Å²) in [4.78, 5) is 2.23. The van der Waals surface area contributed by atoms with Crippen molar-refractivity contribution in [1.29, 1.82) is 0 Å². The van der Waals surface area contributed by atoms with E-state index in [-0.39, 0.29) is 4.90 Å². The highest BCUT2D eigenvalue weighted by Crippen LogP contribution is 2.31. The molecule has 0 fully saturated rings. The molecule has 6 nitrogen and oxygen atoms in total. The van der Waals surface area contributed by atoms with E-state index in [1.165, 1.54) is 0 Å². The van der Waals surface area contributed by atoms with Crippen molar-refractivity contribution in [2.24, 2.45) is 0 Å². The van der Waals surface area contributed by atoms with Crippen molar-refractivity contribution in [2.75, 3.05) is 23.7 Å². The van der Waals surface area contributed by atoms with Crippen LogP contribution in [0.4, 0.5) is 11.4 Å². The second-order valence-corrected chi connectivity index (χ2v) is 7.95. The van der Waals surface area contributed by atoms with Crippen LogP contribution < -0.4 is 9.62 Å². The van der Waals surface area contributed by atoms with Gasteiger partial charge in [0, 0.05) is 41.6 Å². The zero-order valence-corrected chi connectivity index (χ0v) is 15.2. The van der Waals surface area contributed by atoms with Crippen LogP contribution in [-0.4, -0.2) is 32.7 Å². The number of rotatable bonds is 4. The molecule has 1 aromatic heterocycles. The second-order valence-electron chi connectivity index (χ2n) is 6.30. The fraction of sp³-hybridized carbons (Fsp3) is 0.105. The maximum absolute atomic E-state index is 13.0. The Morgan fingerprint density at radius 3 is 2.58 bits per heavy atom. The van der Waals surface area contributed by atoms with E-state index in [1.54, 1.807) is 36.5 Å². The first-order valence-electron chi connectivity index (χ1n) is 8.11. The van der Waals surface area contributed by atoms with E-state index < -0.39 is 10.0 Å². The average Bonchev–Trinajstić information content (AvgIpc) is 3.08. The Labute approximate surface area is 151 Å². The molecule has 0 aliphatic rings. The van der Waals surface area contributed by atoms with Gasteiger partial charge in [-0.2, -0.15) is 5.10 Å². The van der Waals surface area contributed by atoms with E-state index in [9.17, 15) is 8.42 Å². The molecule has 4 aromatic rings. The highest BCUT2D eigenvalue weighted by atomic mass is 32.2. The molecule has 0 bridgehead atoms. The summed E-state index contributed by atoms with van der Waals surface area (Å²) in [6, 6.07) is 16.3. The van der Waals surface area contributed by atoms with Gasteiger partial charge in [0.2, 0.25) is 0 Å². The lowest BCUT2D eigenvalue weighted by Gasteiger charge is -2.17. The van der Waals surface area contributed by atoms with Crippen molar-refractivity contribution < 1.29 is 8.42 Å². The van der Waals surface area contributed by atoms with Crippen molar-refractivity contribution in [3.05, 3.63) is 60.8 Å². The van der Waals surface area contributed by atoms with Crippen LogP contribution in [0.3, 0.4) is 0 Å². The normalized spacial score (nSPS) is 11.8. The van der Waals surface area contributed by atoms with Gasteiger partial charge in [-0.05, 0) is 30.3 Å². The summed E-state index contributed by atoms with van der Waals surface area (Å²) >= 11 is 0. The Balaban J connectivity index is 1.81. The molecule has 0 saturated carbocycles. The smallest absolute Gasteiger partial charge is 0.262 e. The third-order valence-corrected chi connectivity index (χ3v) is 5.76. The van der Waals surface area contributed by atoms with Crippen LogP contribution in [0.5, 0.6) is 0 Å². The molecule has 0 unspecified atom stereocenters. The Kier molecular flexibility index (Phi) is 3.81. The summed E-state index contributed by atoms with van der Waals surface area (Å²) in [6.07, 6.45) is 1.66. The molecule has 132 valence electrons. The number of aromatic amines is 1. The third kappa shape index (κ3) is 2.76. The van der Waals surface area contributed by atoms with Crippen molar-refractivity contribution >= 4 is 43.1 Å². The number of benzene rings is 3. The van der Waals surface area contributed by atoms with E-state index in [0.717, 1.165) is 22.0 Å². The minimum Gasteiger partial charge on any atom is -0.377 e. The molecule has 0 spiro atoms. The predicted octanol–water partition coefficient (Wildman–Crippen LogP) is 3.58. The first-order chi connectivity index (χ1) is 12.5. The molecule has 4 rings (SSSR count). The quantitative estimate of drug-likeness (QED) is 0.579. The lowest BCUT2D eigenvalue weighted by molar-refractivity contribution is 0.602. The molecule has 0 amide bonds. The SMILES string of the molecule is CN(C)c1cccc2c(S(=O)(=O)Nc3ccc4[nH]ncc4c3)cccc12. The van der Waals surface area contributed by atoms with Crippen LogP contribution in [0.15, 0.2) is 65.7 Å². The molecule has 2 N–H and O–H groups in total. The van der Waals surface area contributed by atoms with Gasteiger partial charge in [0.1, 0.15) is 0 Å². The van der Waals surface area contributed by atoms with Crippen molar-refractivity contribution in [3.8, 4) is 0 Å². The number of H-pyrrole nitrogens is 1. The van der Waals surface area contributed by atoms with Gasteiger partial charge in [0.05, 0.1) is 16.6 Å². The van der Waals surface area contributed by atoms with E-state index in [1.807, 2.05) is 43.3 Å². The van der Waals surface area contributed by atoms with Crippen LogP contribution in [0.2, 0.25) is 0 Å². The van der Waals surface area contributed by atoms with E-state index in [0.29, 0.717) is 11.1 Å². The van der Waals surface area contributed by atoms with Gasteiger partial charge < -0.3 is 4.90 Å². The topological polar surface area (TPSA) is 78.1 Å². The Bertz CT molecular complexity index is 1210. The lowest BCUT2D eigenvalue weighted by Crippen LogP contribution is -2.14. The van der Waals surface area contributed by atoms with E-state index in [4.69, 9.17) is 0 Å². The maximum Gasteiger partial charge on any atom is 0.262 e. The molecule has 0 saturated heterocycles. The number of anilines is 2. The molecule has 0 aliphatic carbocycles.